The molecular formula is C21H29N3O2S. The zero-order chi connectivity index (χ0) is 19.2. The molecule has 3 rings (SSSR count). The van der Waals surface area contributed by atoms with Gasteiger partial charge in [-0.05, 0) is 67.6 Å². The summed E-state index contributed by atoms with van der Waals surface area (Å²) in [6.45, 7) is 8.76. The number of thiophene rings is 1. The number of hydrogen-bond donors (Lipinski definition) is 1. The average molecular weight is 388 g/mol. The Hall–Kier alpha value is -1.89. The third-order valence-electron chi connectivity index (χ3n) is 4.85. The molecule has 1 aromatic carbocycles. The second-order valence-electron chi connectivity index (χ2n) is 7.31. The topological polar surface area (TPSA) is 44.8 Å². The number of ether oxygens (including phenoxy) is 1. The van der Waals surface area contributed by atoms with Crippen LogP contribution in [0.5, 0.6) is 5.75 Å². The maximum Gasteiger partial charge on any atom is 0.251 e. The summed E-state index contributed by atoms with van der Waals surface area (Å²) in [6.07, 6.45) is 0.125. The van der Waals surface area contributed by atoms with Gasteiger partial charge in [-0.15, -0.1) is 0 Å². The predicted molar refractivity (Wildman–Crippen MR) is 111 cm³/mol. The predicted octanol–water partition coefficient (Wildman–Crippen LogP) is 3.25. The van der Waals surface area contributed by atoms with E-state index in [-0.39, 0.29) is 18.1 Å². The summed E-state index contributed by atoms with van der Waals surface area (Å²) in [5, 5.41) is 7.42. The number of amides is 1. The van der Waals surface area contributed by atoms with Crippen molar-refractivity contribution >= 4 is 17.2 Å². The lowest BCUT2D eigenvalue weighted by atomic mass is 10.1. The van der Waals surface area contributed by atoms with Gasteiger partial charge in [0.05, 0.1) is 12.1 Å². The average Bonchev–Trinajstić information content (AvgIpc) is 3.18. The minimum Gasteiger partial charge on any atom is -0.491 e. The minimum atomic E-state index is -0.0412. The van der Waals surface area contributed by atoms with E-state index in [0.29, 0.717) is 12.1 Å². The molecule has 2 aromatic rings. The van der Waals surface area contributed by atoms with Gasteiger partial charge >= 0.3 is 0 Å². The first kappa shape index (κ1) is 19.9. The molecule has 1 atom stereocenters. The van der Waals surface area contributed by atoms with E-state index in [1.807, 2.05) is 38.1 Å². The number of rotatable bonds is 7. The van der Waals surface area contributed by atoms with Crippen molar-refractivity contribution in [2.75, 3.05) is 39.8 Å². The first-order chi connectivity index (χ1) is 13.0. The maximum absolute atomic E-state index is 12.6. The van der Waals surface area contributed by atoms with Crippen LogP contribution in [0.15, 0.2) is 41.1 Å². The SMILES string of the molecule is CC(C)Oc1ccc(C(=O)NCC(c2ccsc2)N2CCN(C)CC2)cc1. The van der Waals surface area contributed by atoms with E-state index < -0.39 is 0 Å². The van der Waals surface area contributed by atoms with Gasteiger partial charge in [-0.1, -0.05) is 0 Å². The van der Waals surface area contributed by atoms with Gasteiger partial charge in [0, 0.05) is 38.3 Å². The number of likely N-dealkylation sites (N-methyl/N-ethyl adjacent to an activating group) is 1. The maximum atomic E-state index is 12.6. The van der Waals surface area contributed by atoms with E-state index >= 15 is 0 Å². The van der Waals surface area contributed by atoms with Crippen LogP contribution in [0.4, 0.5) is 0 Å². The van der Waals surface area contributed by atoms with Crippen LogP contribution in [0.25, 0.3) is 0 Å². The van der Waals surface area contributed by atoms with Crippen LogP contribution in [0.3, 0.4) is 0 Å². The van der Waals surface area contributed by atoms with Gasteiger partial charge in [0.1, 0.15) is 5.75 Å². The largest absolute Gasteiger partial charge is 0.491 e. The van der Waals surface area contributed by atoms with Crippen LogP contribution in [0.1, 0.15) is 35.8 Å². The van der Waals surface area contributed by atoms with Crippen molar-refractivity contribution in [1.82, 2.24) is 15.1 Å². The van der Waals surface area contributed by atoms with Crippen LogP contribution >= 0.6 is 11.3 Å². The van der Waals surface area contributed by atoms with Crippen LogP contribution in [0.2, 0.25) is 0 Å². The molecule has 0 radical (unpaired) electrons. The Morgan fingerprint density at radius 3 is 2.44 bits per heavy atom. The molecule has 0 aliphatic carbocycles. The highest BCUT2D eigenvalue weighted by Gasteiger charge is 2.24. The number of hydrogen-bond acceptors (Lipinski definition) is 5. The summed E-state index contributed by atoms with van der Waals surface area (Å²) < 4.78 is 5.64. The van der Waals surface area contributed by atoms with E-state index in [0.717, 1.165) is 31.9 Å². The molecule has 0 bridgehead atoms. The smallest absolute Gasteiger partial charge is 0.251 e. The number of piperazine rings is 1. The van der Waals surface area contributed by atoms with E-state index in [9.17, 15) is 4.79 Å². The molecule has 27 heavy (non-hydrogen) atoms. The fourth-order valence-corrected chi connectivity index (χ4v) is 4.01. The van der Waals surface area contributed by atoms with Crippen molar-refractivity contribution in [3.05, 3.63) is 52.2 Å². The Bertz CT molecular complexity index is 708. The summed E-state index contributed by atoms with van der Waals surface area (Å²) in [6, 6.07) is 9.73. The molecule has 1 N–H and O–H groups in total. The standard InChI is InChI=1S/C21H29N3O2S/c1-16(2)26-19-6-4-17(5-7-19)21(25)22-14-20(18-8-13-27-15-18)24-11-9-23(3)10-12-24/h4-8,13,15-16,20H,9-12,14H2,1-3H3,(H,22,25). The fourth-order valence-electron chi connectivity index (χ4n) is 3.30. The van der Waals surface area contributed by atoms with E-state index in [2.05, 4.69) is 39.0 Å². The first-order valence-corrected chi connectivity index (χ1v) is 10.5. The molecule has 1 saturated heterocycles. The Morgan fingerprint density at radius 2 is 1.85 bits per heavy atom. The van der Waals surface area contributed by atoms with Gasteiger partial charge < -0.3 is 15.0 Å². The number of carbonyl (C=O) groups excluding carboxylic acids is 1. The van der Waals surface area contributed by atoms with Crippen LogP contribution < -0.4 is 10.1 Å². The lowest BCUT2D eigenvalue weighted by Gasteiger charge is -2.38. The van der Waals surface area contributed by atoms with Crippen molar-refractivity contribution in [2.24, 2.45) is 0 Å². The highest BCUT2D eigenvalue weighted by Crippen LogP contribution is 2.24. The number of benzene rings is 1. The molecular weight excluding hydrogens is 358 g/mol. The monoisotopic (exact) mass is 387 g/mol. The van der Waals surface area contributed by atoms with Gasteiger partial charge in [0.15, 0.2) is 0 Å². The highest BCUT2D eigenvalue weighted by molar-refractivity contribution is 7.07. The van der Waals surface area contributed by atoms with Crippen molar-refractivity contribution in [3.63, 3.8) is 0 Å². The Morgan fingerprint density at radius 1 is 1.15 bits per heavy atom. The van der Waals surface area contributed by atoms with Crippen molar-refractivity contribution in [1.29, 1.82) is 0 Å². The molecule has 1 aromatic heterocycles. The molecule has 1 fully saturated rings. The fraction of sp³-hybridized carbons (Fsp3) is 0.476. The van der Waals surface area contributed by atoms with Crippen molar-refractivity contribution in [2.45, 2.75) is 26.0 Å². The van der Waals surface area contributed by atoms with E-state index in [1.54, 1.807) is 11.3 Å². The van der Waals surface area contributed by atoms with Crippen LogP contribution in [-0.2, 0) is 0 Å². The second kappa shape index (κ2) is 9.35. The summed E-state index contributed by atoms with van der Waals surface area (Å²) in [7, 11) is 2.16. The van der Waals surface area contributed by atoms with Gasteiger partial charge in [-0.25, -0.2) is 0 Å². The molecule has 2 heterocycles. The van der Waals surface area contributed by atoms with E-state index in [1.165, 1.54) is 5.56 Å². The normalized spacial score (nSPS) is 17.0. The molecule has 146 valence electrons. The van der Waals surface area contributed by atoms with Crippen LogP contribution in [-0.4, -0.2) is 61.6 Å². The molecule has 1 aliphatic heterocycles. The van der Waals surface area contributed by atoms with E-state index in [4.69, 9.17) is 4.74 Å². The van der Waals surface area contributed by atoms with Crippen LogP contribution in [0, 0.1) is 0 Å². The molecule has 5 nitrogen and oxygen atoms in total. The third kappa shape index (κ3) is 5.54. The van der Waals surface area contributed by atoms with Crippen molar-refractivity contribution < 1.29 is 9.53 Å². The minimum absolute atomic E-state index is 0.0412. The van der Waals surface area contributed by atoms with Gasteiger partial charge in [-0.2, -0.15) is 11.3 Å². The summed E-state index contributed by atoms with van der Waals surface area (Å²) in [5.41, 5.74) is 1.94. The lowest BCUT2D eigenvalue weighted by molar-refractivity contribution is 0.0886. The summed E-state index contributed by atoms with van der Waals surface area (Å²) in [5.74, 6) is 0.746. The molecule has 1 aliphatic rings. The summed E-state index contributed by atoms with van der Waals surface area (Å²) in [4.78, 5) is 17.4. The molecule has 1 amide bonds. The third-order valence-corrected chi connectivity index (χ3v) is 5.55. The van der Waals surface area contributed by atoms with Gasteiger partial charge in [-0.3, -0.25) is 9.69 Å². The van der Waals surface area contributed by atoms with Gasteiger partial charge in [0.25, 0.3) is 5.91 Å². The molecule has 6 heteroatoms. The number of nitrogens with one attached hydrogen (secondary N) is 1. The zero-order valence-electron chi connectivity index (χ0n) is 16.4. The van der Waals surface area contributed by atoms with Crippen molar-refractivity contribution in [3.8, 4) is 5.75 Å². The Labute approximate surface area is 165 Å². The number of nitrogens with zero attached hydrogens (tertiary/aromatic N) is 2. The Kier molecular flexibility index (Phi) is 6.88. The highest BCUT2D eigenvalue weighted by atomic mass is 32.1. The second-order valence-corrected chi connectivity index (χ2v) is 8.09. The first-order valence-electron chi connectivity index (χ1n) is 9.52. The molecule has 0 saturated carbocycles. The molecule has 0 spiro atoms. The van der Waals surface area contributed by atoms with Gasteiger partial charge in [0.2, 0.25) is 0 Å². The quantitative estimate of drug-likeness (QED) is 0.792. The lowest BCUT2D eigenvalue weighted by Crippen LogP contribution is -2.48. The summed E-state index contributed by atoms with van der Waals surface area (Å²) >= 11 is 1.71. The zero-order valence-corrected chi connectivity index (χ0v) is 17.2. The number of carbonyl (C=O) groups is 1. The molecule has 1 unspecified atom stereocenters. The Balaban J connectivity index is 1.62.